The molecule has 0 aliphatic carbocycles. The largest absolute Gasteiger partial charge is 0.399 e. The number of anilines is 1. The number of nitrogen functional groups attached to an aromatic ring is 1. The molecule has 0 spiro atoms. The van der Waals surface area contributed by atoms with Gasteiger partial charge in [0.15, 0.2) is 0 Å². The Morgan fingerprint density at radius 2 is 2.00 bits per heavy atom. The molecule has 18 heavy (non-hydrogen) atoms. The van der Waals surface area contributed by atoms with Gasteiger partial charge in [-0.2, -0.15) is 0 Å². The van der Waals surface area contributed by atoms with E-state index in [-0.39, 0.29) is 18.0 Å². The summed E-state index contributed by atoms with van der Waals surface area (Å²) in [5.74, 6) is 0. The van der Waals surface area contributed by atoms with E-state index in [2.05, 4.69) is 26.0 Å². The number of primary amides is 1. The molecule has 0 fully saturated rings. The monoisotopic (exact) mass is 336 g/mol. The van der Waals surface area contributed by atoms with Gasteiger partial charge in [-0.05, 0) is 34.1 Å². The molecule has 7 nitrogen and oxygen atoms in total. The molecule has 0 aliphatic rings. The Kier molecular flexibility index (Phi) is 4.93. The summed E-state index contributed by atoms with van der Waals surface area (Å²) >= 11 is 3.13. The van der Waals surface area contributed by atoms with E-state index in [0.29, 0.717) is 10.2 Å². The number of carbonyl (C=O) groups is 1. The van der Waals surface area contributed by atoms with Gasteiger partial charge in [-0.3, -0.25) is 0 Å². The quantitative estimate of drug-likeness (QED) is 0.445. The summed E-state index contributed by atoms with van der Waals surface area (Å²) in [6.07, 6.45) is 0. The first-order valence-corrected chi connectivity index (χ1v) is 7.18. The molecule has 1 aromatic carbocycles. The summed E-state index contributed by atoms with van der Waals surface area (Å²) in [4.78, 5) is 10.5. The average Bonchev–Trinajstić information content (AvgIpc) is 2.23. The molecule has 0 aromatic heterocycles. The van der Waals surface area contributed by atoms with Crippen molar-refractivity contribution in [3.05, 3.63) is 22.7 Å². The van der Waals surface area contributed by atoms with Gasteiger partial charge in [0.25, 0.3) is 0 Å². The minimum absolute atomic E-state index is 0.0437. The fourth-order valence-corrected chi connectivity index (χ4v) is 3.31. The zero-order chi connectivity index (χ0) is 13.8. The predicted molar refractivity (Wildman–Crippen MR) is 71.3 cm³/mol. The lowest BCUT2D eigenvalue weighted by molar-refractivity contribution is 0.249. The van der Waals surface area contributed by atoms with E-state index in [1.54, 1.807) is 0 Å². The highest BCUT2D eigenvalue weighted by molar-refractivity contribution is 9.10. The van der Waals surface area contributed by atoms with Gasteiger partial charge in [-0.25, -0.2) is 17.9 Å². The molecule has 0 heterocycles. The number of hydrogen-bond acceptors (Lipinski definition) is 4. The van der Waals surface area contributed by atoms with Crippen molar-refractivity contribution in [3.8, 4) is 0 Å². The Bertz CT molecular complexity index is 547. The third-order valence-electron chi connectivity index (χ3n) is 1.96. The van der Waals surface area contributed by atoms with Crippen LogP contribution < -0.4 is 21.5 Å². The van der Waals surface area contributed by atoms with Crippen LogP contribution in [0.1, 0.15) is 0 Å². The molecule has 9 heteroatoms. The summed E-state index contributed by atoms with van der Waals surface area (Å²) in [5, 5.41) is 2.27. The van der Waals surface area contributed by atoms with Crippen LogP contribution in [0.4, 0.5) is 10.5 Å². The SMILES string of the molecule is NC(=O)NCCNS(=O)(=O)c1ccc(N)cc1Br. The van der Waals surface area contributed by atoms with E-state index in [9.17, 15) is 13.2 Å². The number of amides is 2. The Balaban J connectivity index is 2.71. The van der Waals surface area contributed by atoms with Crippen molar-refractivity contribution in [1.82, 2.24) is 10.0 Å². The minimum Gasteiger partial charge on any atom is -0.399 e. The Morgan fingerprint density at radius 3 is 2.56 bits per heavy atom. The second-order valence-electron chi connectivity index (χ2n) is 3.38. The molecule has 1 rings (SSSR count). The highest BCUT2D eigenvalue weighted by atomic mass is 79.9. The van der Waals surface area contributed by atoms with Crippen LogP contribution >= 0.6 is 15.9 Å². The van der Waals surface area contributed by atoms with Crippen LogP contribution in [0.15, 0.2) is 27.6 Å². The number of halogens is 1. The number of carbonyl (C=O) groups excluding carboxylic acids is 1. The molecule has 0 bridgehead atoms. The number of nitrogens with one attached hydrogen (secondary N) is 2. The summed E-state index contributed by atoms with van der Waals surface area (Å²) < 4.78 is 26.5. The van der Waals surface area contributed by atoms with Crippen molar-refractivity contribution in [2.24, 2.45) is 5.73 Å². The standard InChI is InChI=1S/C9H13BrN4O3S/c10-7-5-6(11)1-2-8(7)18(16,17)14-4-3-13-9(12)15/h1-2,5,14H,3-4,11H2,(H3,12,13,15). The van der Waals surface area contributed by atoms with Crippen molar-refractivity contribution < 1.29 is 13.2 Å². The van der Waals surface area contributed by atoms with E-state index in [4.69, 9.17) is 11.5 Å². The highest BCUT2D eigenvalue weighted by Gasteiger charge is 2.16. The van der Waals surface area contributed by atoms with Gasteiger partial charge >= 0.3 is 6.03 Å². The first kappa shape index (κ1) is 14.7. The summed E-state index contributed by atoms with van der Waals surface area (Å²) in [7, 11) is -3.65. The summed E-state index contributed by atoms with van der Waals surface area (Å²) in [6.45, 7) is 0.156. The zero-order valence-corrected chi connectivity index (χ0v) is 11.7. The highest BCUT2D eigenvalue weighted by Crippen LogP contribution is 2.23. The van der Waals surface area contributed by atoms with E-state index >= 15 is 0 Å². The molecule has 6 N–H and O–H groups in total. The van der Waals surface area contributed by atoms with Crippen molar-refractivity contribution >= 4 is 37.7 Å². The maximum absolute atomic E-state index is 11.9. The Morgan fingerprint density at radius 1 is 1.33 bits per heavy atom. The van der Waals surface area contributed by atoms with Crippen LogP contribution in [-0.4, -0.2) is 27.5 Å². The lowest BCUT2D eigenvalue weighted by Gasteiger charge is -2.09. The van der Waals surface area contributed by atoms with Crippen LogP contribution in [0.5, 0.6) is 0 Å². The van der Waals surface area contributed by atoms with Crippen LogP contribution in [-0.2, 0) is 10.0 Å². The van der Waals surface area contributed by atoms with E-state index in [0.717, 1.165) is 0 Å². The van der Waals surface area contributed by atoms with E-state index < -0.39 is 16.1 Å². The topological polar surface area (TPSA) is 127 Å². The van der Waals surface area contributed by atoms with Gasteiger partial charge < -0.3 is 16.8 Å². The van der Waals surface area contributed by atoms with Crippen LogP contribution in [0.25, 0.3) is 0 Å². The molecular weight excluding hydrogens is 324 g/mol. The van der Waals surface area contributed by atoms with Gasteiger partial charge in [0, 0.05) is 23.2 Å². The van der Waals surface area contributed by atoms with Gasteiger partial charge in [0.05, 0.1) is 4.90 Å². The second kappa shape index (κ2) is 6.03. The van der Waals surface area contributed by atoms with E-state index in [1.807, 2.05) is 0 Å². The van der Waals surface area contributed by atoms with Gasteiger partial charge in [-0.15, -0.1) is 0 Å². The molecule has 100 valence electrons. The maximum Gasteiger partial charge on any atom is 0.312 e. The van der Waals surface area contributed by atoms with Crippen molar-refractivity contribution in [1.29, 1.82) is 0 Å². The van der Waals surface area contributed by atoms with Crippen molar-refractivity contribution in [3.63, 3.8) is 0 Å². The van der Waals surface area contributed by atoms with Gasteiger partial charge in [0.2, 0.25) is 10.0 Å². The van der Waals surface area contributed by atoms with E-state index in [1.165, 1.54) is 18.2 Å². The normalized spacial score (nSPS) is 11.2. The molecule has 0 atom stereocenters. The number of benzene rings is 1. The predicted octanol–water partition coefficient (Wildman–Crippen LogP) is -0.0221. The third kappa shape index (κ3) is 4.17. The Hall–Kier alpha value is -1.32. The van der Waals surface area contributed by atoms with Crippen LogP contribution in [0, 0.1) is 0 Å². The fraction of sp³-hybridized carbons (Fsp3) is 0.222. The lowest BCUT2D eigenvalue weighted by atomic mass is 10.3. The number of hydrogen-bond donors (Lipinski definition) is 4. The average molecular weight is 337 g/mol. The fourth-order valence-electron chi connectivity index (χ4n) is 1.18. The third-order valence-corrected chi connectivity index (χ3v) is 4.40. The number of sulfonamides is 1. The molecule has 0 aliphatic heterocycles. The van der Waals surface area contributed by atoms with Crippen molar-refractivity contribution in [2.45, 2.75) is 4.90 Å². The minimum atomic E-state index is -3.65. The molecule has 0 radical (unpaired) electrons. The zero-order valence-electron chi connectivity index (χ0n) is 9.31. The first-order valence-electron chi connectivity index (χ1n) is 4.91. The molecule has 0 saturated heterocycles. The molecule has 1 aromatic rings. The number of urea groups is 1. The first-order chi connectivity index (χ1) is 8.33. The van der Waals surface area contributed by atoms with Gasteiger partial charge in [-0.1, -0.05) is 0 Å². The number of nitrogens with two attached hydrogens (primary N) is 2. The molecule has 2 amide bonds. The van der Waals surface area contributed by atoms with Crippen molar-refractivity contribution in [2.75, 3.05) is 18.8 Å². The number of rotatable bonds is 5. The molecule has 0 saturated carbocycles. The van der Waals surface area contributed by atoms with Gasteiger partial charge in [0.1, 0.15) is 0 Å². The van der Waals surface area contributed by atoms with Crippen LogP contribution in [0.2, 0.25) is 0 Å². The lowest BCUT2D eigenvalue weighted by Crippen LogP contribution is -2.37. The molecular formula is C9H13BrN4O3S. The summed E-state index contributed by atoms with van der Waals surface area (Å²) in [6, 6.07) is 3.67. The smallest absolute Gasteiger partial charge is 0.312 e. The maximum atomic E-state index is 11.9. The Labute approximate surface area is 113 Å². The van der Waals surface area contributed by atoms with Crippen LogP contribution in [0.3, 0.4) is 0 Å². The molecule has 0 unspecified atom stereocenters. The second-order valence-corrected chi connectivity index (χ2v) is 5.97. The summed E-state index contributed by atoms with van der Waals surface area (Å²) in [5.41, 5.74) is 10.8.